The number of rotatable bonds is 4. The lowest BCUT2D eigenvalue weighted by Crippen LogP contribution is -2.40. The second kappa shape index (κ2) is 7.74. The summed E-state index contributed by atoms with van der Waals surface area (Å²) in [5.41, 5.74) is 4.21. The lowest BCUT2D eigenvalue weighted by Gasteiger charge is -2.26. The van der Waals surface area contributed by atoms with Crippen LogP contribution in [0.1, 0.15) is 33.9 Å². The fraction of sp³-hybridized carbons (Fsp3) is 0.364. The van der Waals surface area contributed by atoms with Gasteiger partial charge in [-0.25, -0.2) is 13.4 Å². The number of sulfonamides is 1. The summed E-state index contributed by atoms with van der Waals surface area (Å²) < 4.78 is 34.7. The highest BCUT2D eigenvalue weighted by Gasteiger charge is 2.30. The van der Waals surface area contributed by atoms with Gasteiger partial charge in [0, 0.05) is 25.7 Å². The zero-order chi connectivity index (χ0) is 21.6. The van der Waals surface area contributed by atoms with E-state index in [2.05, 4.69) is 10.3 Å². The highest BCUT2D eigenvalue weighted by molar-refractivity contribution is 7.89. The van der Waals surface area contributed by atoms with Gasteiger partial charge in [-0.3, -0.25) is 4.79 Å². The summed E-state index contributed by atoms with van der Waals surface area (Å²) in [7, 11) is -1.67. The van der Waals surface area contributed by atoms with Crippen LogP contribution >= 0.6 is 0 Å². The third-order valence-electron chi connectivity index (χ3n) is 6.10. The Morgan fingerprint density at radius 1 is 1.16 bits per heavy atom. The van der Waals surface area contributed by atoms with Gasteiger partial charge in [-0.2, -0.15) is 4.31 Å². The van der Waals surface area contributed by atoms with E-state index in [9.17, 15) is 13.2 Å². The molecule has 1 saturated heterocycles. The van der Waals surface area contributed by atoms with Crippen molar-refractivity contribution in [3.63, 3.8) is 0 Å². The molecule has 1 aliphatic heterocycles. The number of nitrogens with zero attached hydrogens (tertiary/aromatic N) is 3. The molecule has 1 atom stereocenters. The van der Waals surface area contributed by atoms with E-state index in [-0.39, 0.29) is 16.8 Å². The minimum absolute atomic E-state index is 0.188. The van der Waals surface area contributed by atoms with Crippen LogP contribution in [0.15, 0.2) is 47.6 Å². The summed E-state index contributed by atoms with van der Waals surface area (Å²) in [6.07, 6.45) is 3.27. The Hall–Kier alpha value is -2.75. The van der Waals surface area contributed by atoms with Gasteiger partial charge in [0.15, 0.2) is 0 Å². The van der Waals surface area contributed by atoms with Crippen molar-refractivity contribution >= 4 is 27.0 Å². The zero-order valence-corrected chi connectivity index (χ0v) is 18.1. The number of ether oxygens (including phenoxy) is 1. The topological polar surface area (TPSA) is 93.5 Å². The second-order valence-corrected chi connectivity index (χ2v) is 9.94. The molecule has 1 amide bonds. The van der Waals surface area contributed by atoms with Crippen LogP contribution in [0.4, 0.5) is 0 Å². The number of imidazole rings is 1. The number of amides is 1. The molecule has 0 spiro atoms. The maximum atomic E-state index is 13.0. The van der Waals surface area contributed by atoms with Gasteiger partial charge in [-0.05, 0) is 54.3 Å². The highest BCUT2D eigenvalue weighted by Crippen LogP contribution is 2.34. The molecule has 0 bridgehead atoms. The summed E-state index contributed by atoms with van der Waals surface area (Å²) >= 11 is 0. The fourth-order valence-electron chi connectivity index (χ4n) is 4.35. The minimum atomic E-state index is -3.58. The van der Waals surface area contributed by atoms with Crippen LogP contribution < -0.4 is 5.32 Å². The summed E-state index contributed by atoms with van der Waals surface area (Å²) in [5.74, 6) is -0.188. The normalized spacial score (nSPS) is 19.5. The van der Waals surface area contributed by atoms with Gasteiger partial charge in [-0.1, -0.05) is 6.07 Å². The van der Waals surface area contributed by atoms with Crippen LogP contribution in [0.2, 0.25) is 0 Å². The summed E-state index contributed by atoms with van der Waals surface area (Å²) in [6, 6.07) is 10.5. The number of aryl methyl sites for hydroxylation is 2. The van der Waals surface area contributed by atoms with Gasteiger partial charge in [0.05, 0.1) is 41.5 Å². The van der Waals surface area contributed by atoms with Crippen LogP contribution in [0.25, 0.3) is 11.0 Å². The van der Waals surface area contributed by atoms with Crippen molar-refractivity contribution in [3.8, 4) is 0 Å². The van der Waals surface area contributed by atoms with E-state index < -0.39 is 10.0 Å². The van der Waals surface area contributed by atoms with E-state index in [4.69, 9.17) is 4.74 Å². The molecule has 1 aromatic heterocycles. The first kappa shape index (κ1) is 20.2. The maximum Gasteiger partial charge on any atom is 0.251 e. The van der Waals surface area contributed by atoms with E-state index in [1.54, 1.807) is 30.6 Å². The molecule has 3 aromatic rings. The zero-order valence-electron chi connectivity index (χ0n) is 17.2. The molecule has 8 nitrogen and oxygen atoms in total. The largest absolute Gasteiger partial charge is 0.379 e. The molecule has 1 N–H and O–H groups in total. The maximum absolute atomic E-state index is 13.0. The van der Waals surface area contributed by atoms with Crippen LogP contribution in [0.5, 0.6) is 0 Å². The first-order valence-electron chi connectivity index (χ1n) is 10.4. The third kappa shape index (κ3) is 3.62. The molecule has 0 radical (unpaired) electrons. The number of aromatic nitrogens is 2. The Bertz CT molecular complexity index is 1260. The van der Waals surface area contributed by atoms with Crippen LogP contribution in [0.3, 0.4) is 0 Å². The van der Waals surface area contributed by atoms with Gasteiger partial charge in [0.2, 0.25) is 10.0 Å². The lowest BCUT2D eigenvalue weighted by molar-refractivity contribution is 0.0730. The molecule has 0 saturated carbocycles. The van der Waals surface area contributed by atoms with Crippen molar-refractivity contribution in [1.29, 1.82) is 0 Å². The van der Waals surface area contributed by atoms with Gasteiger partial charge >= 0.3 is 0 Å². The smallest absolute Gasteiger partial charge is 0.251 e. The molecule has 2 aliphatic rings. The number of benzene rings is 2. The van der Waals surface area contributed by atoms with Crippen molar-refractivity contribution in [2.24, 2.45) is 7.05 Å². The van der Waals surface area contributed by atoms with Crippen LogP contribution in [0, 0.1) is 0 Å². The van der Waals surface area contributed by atoms with Gasteiger partial charge in [-0.15, -0.1) is 0 Å². The first-order chi connectivity index (χ1) is 14.9. The SMILES string of the molecule is Cn1cnc2cc(C(=O)NC3CCc4ccc(S(=O)(=O)N5CCOCC5)cc43)ccc21. The summed E-state index contributed by atoms with van der Waals surface area (Å²) in [6.45, 7) is 1.53. The average molecular weight is 441 g/mol. The molecule has 162 valence electrons. The van der Waals surface area contributed by atoms with E-state index in [0.717, 1.165) is 35.0 Å². The van der Waals surface area contributed by atoms with E-state index in [1.165, 1.54) is 4.31 Å². The van der Waals surface area contributed by atoms with Crippen LogP contribution in [-0.4, -0.2) is 54.5 Å². The van der Waals surface area contributed by atoms with Crippen molar-refractivity contribution in [1.82, 2.24) is 19.2 Å². The molecule has 9 heteroatoms. The van der Waals surface area contributed by atoms with E-state index in [0.29, 0.717) is 31.9 Å². The Morgan fingerprint density at radius 2 is 1.97 bits per heavy atom. The molecule has 5 rings (SSSR count). The molecule has 2 aromatic carbocycles. The van der Waals surface area contributed by atoms with Crippen molar-refractivity contribution in [2.45, 2.75) is 23.8 Å². The number of carbonyl (C=O) groups excluding carboxylic acids is 1. The fourth-order valence-corrected chi connectivity index (χ4v) is 5.79. The number of fused-ring (bicyclic) bond motifs is 2. The molecular formula is C22H24N4O4S. The van der Waals surface area contributed by atoms with Gasteiger partial charge in [0.25, 0.3) is 5.91 Å². The average Bonchev–Trinajstić information content (AvgIpc) is 3.37. The molecular weight excluding hydrogens is 416 g/mol. The number of hydrogen-bond acceptors (Lipinski definition) is 5. The number of carbonyl (C=O) groups is 1. The van der Waals surface area contributed by atoms with E-state index >= 15 is 0 Å². The highest BCUT2D eigenvalue weighted by atomic mass is 32.2. The molecule has 2 heterocycles. The van der Waals surface area contributed by atoms with Gasteiger partial charge < -0.3 is 14.6 Å². The third-order valence-corrected chi connectivity index (χ3v) is 7.99. The minimum Gasteiger partial charge on any atom is -0.379 e. The first-order valence-corrected chi connectivity index (χ1v) is 11.8. The van der Waals surface area contributed by atoms with Crippen molar-refractivity contribution in [3.05, 3.63) is 59.4 Å². The predicted molar refractivity (Wildman–Crippen MR) is 115 cm³/mol. The van der Waals surface area contributed by atoms with Crippen molar-refractivity contribution < 1.29 is 17.9 Å². The molecule has 1 unspecified atom stereocenters. The monoisotopic (exact) mass is 440 g/mol. The Morgan fingerprint density at radius 3 is 2.77 bits per heavy atom. The summed E-state index contributed by atoms with van der Waals surface area (Å²) in [4.78, 5) is 17.5. The lowest BCUT2D eigenvalue weighted by atomic mass is 10.1. The number of morpholine rings is 1. The Labute approximate surface area is 180 Å². The predicted octanol–water partition coefficient (Wildman–Crippen LogP) is 2.01. The van der Waals surface area contributed by atoms with Gasteiger partial charge in [0.1, 0.15) is 0 Å². The Balaban J connectivity index is 1.39. The molecule has 1 fully saturated rings. The number of nitrogens with one attached hydrogen (secondary N) is 1. The van der Waals surface area contributed by atoms with E-state index in [1.807, 2.05) is 23.7 Å². The van der Waals surface area contributed by atoms with Crippen LogP contribution in [-0.2, 0) is 28.2 Å². The second-order valence-electron chi connectivity index (χ2n) is 8.00. The number of hydrogen-bond donors (Lipinski definition) is 1. The summed E-state index contributed by atoms with van der Waals surface area (Å²) in [5, 5.41) is 3.08. The standard InChI is InChI=1S/C22H24N4O4S/c1-25-14-23-20-12-16(4-7-21(20)25)22(27)24-19-6-3-15-2-5-17(13-18(15)19)31(28,29)26-8-10-30-11-9-26/h2,4-5,7,12-14,19H,3,6,8-11H2,1H3,(H,24,27). The quantitative estimate of drug-likeness (QED) is 0.670. The molecule has 31 heavy (non-hydrogen) atoms. The van der Waals surface area contributed by atoms with Crippen molar-refractivity contribution in [2.75, 3.05) is 26.3 Å². The Kier molecular flexibility index (Phi) is 5.04. The molecule has 1 aliphatic carbocycles.